The highest BCUT2D eigenvalue weighted by Crippen LogP contribution is 2.23. The molecule has 12 nitrogen and oxygen atoms in total. The van der Waals surface area contributed by atoms with Gasteiger partial charge in [-0.15, -0.1) is 0 Å². The topological polar surface area (TPSA) is 173 Å². The fourth-order valence-corrected chi connectivity index (χ4v) is 7.03. The van der Waals surface area contributed by atoms with Gasteiger partial charge in [-0.1, -0.05) is 72.8 Å². The monoisotopic (exact) mass is 786 g/mol. The van der Waals surface area contributed by atoms with Crippen LogP contribution in [-0.2, 0) is 9.59 Å². The Balaban J connectivity index is 0.000000159. The molecule has 4 heterocycles. The van der Waals surface area contributed by atoms with Crippen molar-refractivity contribution in [3.8, 4) is 0 Å². The average Bonchev–Trinajstić information content (AvgIpc) is 4.10. The zero-order valence-corrected chi connectivity index (χ0v) is 31.9. The van der Waals surface area contributed by atoms with Crippen molar-refractivity contribution in [2.75, 3.05) is 26.2 Å². The highest BCUT2D eigenvalue weighted by Gasteiger charge is 2.34. The molecule has 8 rings (SSSR count). The standard InChI is InChI=1S/C22H21N3O3.C12H16N2O.C10H6ClNO2/c26-20(18-14-23-19-11-5-4-10-17(18)19)22(28)25-12-6-9-16(25)13-24-21(27)15-7-2-1-3-8-15;15-12(10-5-2-1-3-6-10)14-9-11-7-4-8-13-11;11-10(14)9(13)7-5-12-8-4-2-1-3-6(7)8/h1-5,7-8,10-11,14,16,23H,6,9,12-13H2,(H,24,27);1-3,5-6,11,13H,4,7-9H2,(H,14,15);1-5,12H. The fraction of sp³-hybridized carbons (Fsp3) is 0.227. The van der Waals surface area contributed by atoms with Crippen LogP contribution in [0.1, 0.15) is 67.1 Å². The Bertz CT molecular complexity index is 2350. The number of carbonyl (C=O) groups excluding carboxylic acids is 6. The van der Waals surface area contributed by atoms with Crippen LogP contribution in [0.4, 0.5) is 0 Å². The van der Waals surface area contributed by atoms with E-state index in [0.717, 1.165) is 54.3 Å². The Hall–Kier alpha value is -6.37. The first-order valence-corrected chi connectivity index (χ1v) is 19.2. The number of aromatic nitrogens is 2. The molecule has 0 bridgehead atoms. The molecule has 6 aromatic rings. The van der Waals surface area contributed by atoms with E-state index in [0.29, 0.717) is 41.2 Å². The first-order valence-electron chi connectivity index (χ1n) is 18.8. The number of halogens is 1. The Kier molecular flexibility index (Phi) is 13.8. The number of nitrogens with one attached hydrogen (secondary N) is 5. The Morgan fingerprint density at radius 3 is 1.65 bits per heavy atom. The number of benzene rings is 4. The molecule has 3 amide bonds. The summed E-state index contributed by atoms with van der Waals surface area (Å²) in [6.45, 7) is 2.67. The number of nitrogens with zero attached hydrogens (tertiary/aromatic N) is 1. The van der Waals surface area contributed by atoms with Crippen molar-refractivity contribution in [3.05, 3.63) is 144 Å². The molecule has 5 N–H and O–H groups in total. The van der Waals surface area contributed by atoms with Gasteiger partial charge in [0.15, 0.2) is 0 Å². The molecular formula is C44H43ClN6O6. The summed E-state index contributed by atoms with van der Waals surface area (Å²) in [5.41, 5.74) is 3.66. The number of carbonyl (C=O) groups is 6. The van der Waals surface area contributed by atoms with E-state index in [1.54, 1.807) is 47.5 Å². The molecular weight excluding hydrogens is 744 g/mol. The summed E-state index contributed by atoms with van der Waals surface area (Å²) in [6, 6.07) is 33.2. The molecule has 0 aliphatic carbocycles. The largest absolute Gasteiger partial charge is 0.360 e. The van der Waals surface area contributed by atoms with Gasteiger partial charge in [0.05, 0.1) is 11.1 Å². The molecule has 57 heavy (non-hydrogen) atoms. The predicted molar refractivity (Wildman–Crippen MR) is 219 cm³/mol. The number of amides is 3. The Morgan fingerprint density at radius 1 is 0.614 bits per heavy atom. The van der Waals surface area contributed by atoms with Gasteiger partial charge in [-0.05, 0) is 80.2 Å². The van der Waals surface area contributed by atoms with Crippen LogP contribution in [0.3, 0.4) is 0 Å². The molecule has 2 aromatic heterocycles. The number of rotatable bonds is 10. The van der Waals surface area contributed by atoms with Gasteiger partial charge in [-0.2, -0.15) is 0 Å². The molecule has 292 valence electrons. The molecule has 2 fully saturated rings. The minimum atomic E-state index is -0.963. The highest BCUT2D eigenvalue weighted by molar-refractivity contribution is 6.83. The second-order valence-electron chi connectivity index (χ2n) is 13.7. The quantitative estimate of drug-likeness (QED) is 0.0638. The predicted octanol–water partition coefficient (Wildman–Crippen LogP) is 6.06. The van der Waals surface area contributed by atoms with Crippen molar-refractivity contribution in [3.63, 3.8) is 0 Å². The maximum absolute atomic E-state index is 12.9. The minimum absolute atomic E-state index is 0.0179. The highest BCUT2D eigenvalue weighted by atomic mass is 35.5. The lowest BCUT2D eigenvalue weighted by molar-refractivity contribution is -0.127. The number of ketones is 2. The van der Waals surface area contributed by atoms with E-state index in [-0.39, 0.29) is 17.9 Å². The average molecular weight is 787 g/mol. The third kappa shape index (κ3) is 10.3. The van der Waals surface area contributed by atoms with Crippen LogP contribution in [0.5, 0.6) is 0 Å². The lowest BCUT2D eigenvalue weighted by Gasteiger charge is -2.24. The van der Waals surface area contributed by atoms with Gasteiger partial charge >= 0.3 is 0 Å². The number of H-pyrrole nitrogens is 2. The number of hydrogen-bond donors (Lipinski definition) is 5. The van der Waals surface area contributed by atoms with E-state index in [2.05, 4.69) is 25.9 Å². The van der Waals surface area contributed by atoms with Gasteiger partial charge in [-0.3, -0.25) is 28.8 Å². The number of aromatic amines is 2. The van der Waals surface area contributed by atoms with E-state index in [1.165, 1.54) is 12.6 Å². The van der Waals surface area contributed by atoms with Crippen molar-refractivity contribution < 1.29 is 28.8 Å². The molecule has 2 unspecified atom stereocenters. The van der Waals surface area contributed by atoms with Gasteiger partial charge in [0.2, 0.25) is 5.78 Å². The fourth-order valence-electron chi connectivity index (χ4n) is 6.93. The van der Waals surface area contributed by atoms with Crippen LogP contribution in [0, 0.1) is 0 Å². The molecule has 0 saturated carbocycles. The number of likely N-dealkylation sites (tertiary alicyclic amines) is 1. The number of Topliss-reactive ketones (excluding diaryl/α,β-unsaturated/α-hetero) is 2. The number of hydrogen-bond acceptors (Lipinski definition) is 7. The van der Waals surface area contributed by atoms with Gasteiger partial charge < -0.3 is 30.8 Å². The minimum Gasteiger partial charge on any atom is -0.360 e. The van der Waals surface area contributed by atoms with Crippen LogP contribution in [0.2, 0.25) is 0 Å². The normalized spacial score (nSPS) is 15.8. The third-order valence-corrected chi connectivity index (χ3v) is 10.1. The number of fused-ring (bicyclic) bond motifs is 2. The molecule has 0 radical (unpaired) electrons. The Morgan fingerprint density at radius 2 is 1.12 bits per heavy atom. The third-order valence-electron chi connectivity index (χ3n) is 9.92. The Labute approximate surface area is 334 Å². The van der Waals surface area contributed by atoms with Gasteiger partial charge in [0.1, 0.15) is 0 Å². The molecule has 2 atom stereocenters. The zero-order chi connectivity index (χ0) is 40.1. The number of para-hydroxylation sites is 2. The molecule has 2 saturated heterocycles. The summed E-state index contributed by atoms with van der Waals surface area (Å²) in [6.07, 6.45) is 7.04. The van der Waals surface area contributed by atoms with Crippen LogP contribution in [0.15, 0.2) is 122 Å². The summed E-state index contributed by atoms with van der Waals surface area (Å²) >= 11 is 5.12. The van der Waals surface area contributed by atoms with Crippen molar-refractivity contribution in [1.29, 1.82) is 0 Å². The van der Waals surface area contributed by atoms with E-state index in [9.17, 15) is 28.8 Å². The van der Waals surface area contributed by atoms with E-state index in [1.807, 2.05) is 72.8 Å². The molecule has 0 spiro atoms. The van der Waals surface area contributed by atoms with Crippen LogP contribution in [-0.4, -0.2) is 87.7 Å². The summed E-state index contributed by atoms with van der Waals surface area (Å²) in [5.74, 6) is -1.86. The summed E-state index contributed by atoms with van der Waals surface area (Å²) < 4.78 is 0. The van der Waals surface area contributed by atoms with Crippen LogP contribution >= 0.6 is 11.6 Å². The summed E-state index contributed by atoms with van der Waals surface area (Å²) in [5, 5.41) is 9.66. The van der Waals surface area contributed by atoms with E-state index < -0.39 is 22.7 Å². The SMILES string of the molecule is O=C(Cl)C(=O)c1c[nH]c2ccccc12.O=C(NCC1CCCN1)c1ccccc1.O=C(NCC1CCCN1C(=O)C(=O)c1c[nH]c2ccccc12)c1ccccc1. The lowest BCUT2D eigenvalue weighted by Crippen LogP contribution is -2.45. The zero-order valence-electron chi connectivity index (χ0n) is 31.1. The summed E-state index contributed by atoms with van der Waals surface area (Å²) in [7, 11) is 0. The van der Waals surface area contributed by atoms with E-state index >= 15 is 0 Å². The van der Waals surface area contributed by atoms with Crippen molar-refractivity contribution >= 4 is 67.9 Å². The van der Waals surface area contributed by atoms with Crippen LogP contribution < -0.4 is 16.0 Å². The van der Waals surface area contributed by atoms with Crippen molar-refractivity contribution in [2.24, 2.45) is 0 Å². The molecule has 13 heteroatoms. The summed E-state index contributed by atoms with van der Waals surface area (Å²) in [4.78, 5) is 79.1. The van der Waals surface area contributed by atoms with E-state index in [4.69, 9.17) is 11.6 Å². The van der Waals surface area contributed by atoms with Crippen LogP contribution in [0.25, 0.3) is 21.8 Å². The maximum atomic E-state index is 12.9. The second-order valence-corrected chi connectivity index (χ2v) is 14.0. The second kappa shape index (κ2) is 19.5. The lowest BCUT2D eigenvalue weighted by atomic mass is 10.1. The van der Waals surface area contributed by atoms with Crippen molar-refractivity contribution in [2.45, 2.75) is 37.8 Å². The molecule has 4 aromatic carbocycles. The smallest absolute Gasteiger partial charge is 0.295 e. The van der Waals surface area contributed by atoms with Gasteiger partial charge in [-0.25, -0.2) is 0 Å². The maximum Gasteiger partial charge on any atom is 0.295 e. The molecule has 2 aliphatic rings. The molecule has 2 aliphatic heterocycles. The van der Waals surface area contributed by atoms with Gasteiger partial charge in [0.25, 0.3) is 28.7 Å². The first-order chi connectivity index (χ1) is 27.7. The first kappa shape index (κ1) is 40.3. The van der Waals surface area contributed by atoms with Crippen molar-refractivity contribution in [1.82, 2.24) is 30.8 Å². The van der Waals surface area contributed by atoms with Gasteiger partial charge in [0, 0.05) is 77.0 Å².